The molecule has 1 aromatic carbocycles. The molecule has 0 bridgehead atoms. The molecule has 15 heavy (non-hydrogen) atoms. The Bertz CT molecular complexity index is 355. The molecule has 0 fully saturated rings. The Hall–Kier alpha value is -0.930. The van der Waals surface area contributed by atoms with E-state index in [9.17, 15) is 9.90 Å². The van der Waals surface area contributed by atoms with Gasteiger partial charge in [-0.25, -0.2) is 0 Å². The summed E-state index contributed by atoms with van der Waals surface area (Å²) < 4.78 is 0. The SMILES string of the molecule is C[C@@](O)(CBr)C(=O)/C=C/c1ccccc1. The third kappa shape index (κ3) is 3.61. The molecule has 1 atom stereocenters. The zero-order valence-corrected chi connectivity index (χ0v) is 10.1. The van der Waals surface area contributed by atoms with Gasteiger partial charge in [-0.05, 0) is 18.6 Å². The average molecular weight is 269 g/mol. The van der Waals surface area contributed by atoms with Crippen molar-refractivity contribution < 1.29 is 9.90 Å². The molecule has 3 heteroatoms. The van der Waals surface area contributed by atoms with Crippen molar-refractivity contribution in [3.8, 4) is 0 Å². The molecule has 0 unspecified atom stereocenters. The number of ketones is 1. The lowest BCUT2D eigenvalue weighted by molar-refractivity contribution is -0.128. The second-order valence-corrected chi connectivity index (χ2v) is 4.08. The van der Waals surface area contributed by atoms with Crippen molar-refractivity contribution in [2.45, 2.75) is 12.5 Å². The molecule has 0 aliphatic rings. The number of halogens is 1. The predicted octanol–water partition coefficient (Wildman–Crippen LogP) is 2.41. The highest BCUT2D eigenvalue weighted by Crippen LogP contribution is 2.11. The van der Waals surface area contributed by atoms with Crippen LogP contribution in [0.4, 0.5) is 0 Å². The van der Waals surface area contributed by atoms with E-state index in [2.05, 4.69) is 15.9 Å². The molecule has 80 valence electrons. The second-order valence-electron chi connectivity index (χ2n) is 3.52. The predicted molar refractivity (Wildman–Crippen MR) is 64.9 cm³/mol. The Morgan fingerprint density at radius 3 is 2.60 bits per heavy atom. The third-order valence-corrected chi connectivity index (χ3v) is 3.11. The summed E-state index contributed by atoms with van der Waals surface area (Å²) in [4.78, 5) is 11.5. The van der Waals surface area contributed by atoms with Gasteiger partial charge < -0.3 is 5.11 Å². The number of rotatable bonds is 4. The van der Waals surface area contributed by atoms with Crippen LogP contribution in [0.15, 0.2) is 36.4 Å². The minimum absolute atomic E-state index is 0.234. The summed E-state index contributed by atoms with van der Waals surface area (Å²) in [5.41, 5.74) is -0.387. The first kappa shape index (κ1) is 12.1. The van der Waals surface area contributed by atoms with Crippen LogP contribution in [0.3, 0.4) is 0 Å². The van der Waals surface area contributed by atoms with E-state index in [-0.39, 0.29) is 11.1 Å². The van der Waals surface area contributed by atoms with Crippen molar-refractivity contribution >= 4 is 27.8 Å². The van der Waals surface area contributed by atoms with Gasteiger partial charge >= 0.3 is 0 Å². The van der Waals surface area contributed by atoms with Gasteiger partial charge in [0, 0.05) is 5.33 Å². The number of alkyl halides is 1. The van der Waals surface area contributed by atoms with E-state index in [1.165, 1.54) is 13.0 Å². The van der Waals surface area contributed by atoms with Gasteiger partial charge in [-0.2, -0.15) is 0 Å². The van der Waals surface area contributed by atoms with Crippen molar-refractivity contribution in [3.63, 3.8) is 0 Å². The maximum atomic E-state index is 11.5. The van der Waals surface area contributed by atoms with Crippen LogP contribution in [0, 0.1) is 0 Å². The molecule has 0 heterocycles. The number of carbonyl (C=O) groups excluding carboxylic acids is 1. The van der Waals surface area contributed by atoms with Gasteiger partial charge in [0.05, 0.1) is 0 Å². The number of hydrogen-bond donors (Lipinski definition) is 1. The minimum atomic E-state index is -1.33. The number of benzene rings is 1. The van der Waals surface area contributed by atoms with Crippen LogP contribution in [-0.4, -0.2) is 21.8 Å². The fourth-order valence-electron chi connectivity index (χ4n) is 0.981. The van der Waals surface area contributed by atoms with E-state index >= 15 is 0 Å². The van der Waals surface area contributed by atoms with Gasteiger partial charge in [0.1, 0.15) is 5.60 Å². The maximum absolute atomic E-state index is 11.5. The Labute approximate surface area is 97.8 Å². The van der Waals surface area contributed by atoms with Crippen molar-refractivity contribution in [2.24, 2.45) is 0 Å². The highest BCUT2D eigenvalue weighted by atomic mass is 79.9. The second kappa shape index (κ2) is 5.24. The third-order valence-electron chi connectivity index (χ3n) is 2.02. The lowest BCUT2D eigenvalue weighted by Gasteiger charge is -2.15. The van der Waals surface area contributed by atoms with Crippen molar-refractivity contribution in [2.75, 3.05) is 5.33 Å². The van der Waals surface area contributed by atoms with E-state index in [0.29, 0.717) is 0 Å². The number of hydrogen-bond acceptors (Lipinski definition) is 2. The van der Waals surface area contributed by atoms with E-state index in [4.69, 9.17) is 0 Å². The molecular formula is C12H13BrO2. The topological polar surface area (TPSA) is 37.3 Å². The minimum Gasteiger partial charge on any atom is -0.381 e. The van der Waals surface area contributed by atoms with E-state index in [1.54, 1.807) is 6.08 Å². The van der Waals surface area contributed by atoms with Crippen LogP contribution in [0.2, 0.25) is 0 Å². The Kier molecular flexibility index (Phi) is 4.24. The van der Waals surface area contributed by atoms with E-state index < -0.39 is 5.60 Å². The maximum Gasteiger partial charge on any atom is 0.187 e. The summed E-state index contributed by atoms with van der Waals surface area (Å²) in [5.74, 6) is -0.303. The molecule has 0 aromatic heterocycles. The normalized spacial score (nSPS) is 15.1. The van der Waals surface area contributed by atoms with Gasteiger partial charge in [-0.15, -0.1) is 0 Å². The zero-order chi connectivity index (χ0) is 11.3. The van der Waals surface area contributed by atoms with Crippen molar-refractivity contribution in [1.82, 2.24) is 0 Å². The molecule has 0 saturated heterocycles. The Balaban J connectivity index is 2.71. The smallest absolute Gasteiger partial charge is 0.187 e. The first-order valence-electron chi connectivity index (χ1n) is 4.62. The summed E-state index contributed by atoms with van der Waals surface area (Å²) in [6.45, 7) is 1.49. The van der Waals surface area contributed by atoms with E-state index in [0.717, 1.165) is 5.56 Å². The van der Waals surface area contributed by atoms with Crippen LogP contribution in [-0.2, 0) is 4.79 Å². The van der Waals surface area contributed by atoms with Gasteiger partial charge in [0.15, 0.2) is 5.78 Å². The standard InChI is InChI=1S/C12H13BrO2/c1-12(15,9-13)11(14)8-7-10-5-3-2-4-6-10/h2-8,15H,9H2,1H3/b8-7+/t12-/m1/s1. The molecular weight excluding hydrogens is 256 g/mol. The summed E-state index contributed by atoms with van der Waals surface area (Å²) in [6.07, 6.45) is 3.09. The lowest BCUT2D eigenvalue weighted by atomic mass is 10.0. The van der Waals surface area contributed by atoms with Gasteiger partial charge in [0.2, 0.25) is 0 Å². The Morgan fingerprint density at radius 1 is 1.47 bits per heavy atom. The summed E-state index contributed by atoms with van der Waals surface area (Å²) in [6, 6.07) is 9.49. The zero-order valence-electron chi connectivity index (χ0n) is 8.48. The summed E-state index contributed by atoms with van der Waals surface area (Å²) in [7, 11) is 0. The van der Waals surface area contributed by atoms with Crippen LogP contribution in [0.5, 0.6) is 0 Å². The van der Waals surface area contributed by atoms with Crippen molar-refractivity contribution in [3.05, 3.63) is 42.0 Å². The van der Waals surface area contributed by atoms with Crippen LogP contribution < -0.4 is 0 Å². The van der Waals surface area contributed by atoms with Crippen LogP contribution in [0.1, 0.15) is 12.5 Å². The quantitative estimate of drug-likeness (QED) is 0.673. The number of aliphatic hydroxyl groups is 1. The van der Waals surface area contributed by atoms with Gasteiger partial charge in [-0.3, -0.25) is 4.79 Å². The lowest BCUT2D eigenvalue weighted by Crippen LogP contribution is -2.35. The summed E-state index contributed by atoms with van der Waals surface area (Å²) in [5, 5.41) is 9.86. The molecule has 0 amide bonds. The molecule has 0 saturated carbocycles. The molecule has 2 nitrogen and oxygen atoms in total. The van der Waals surface area contributed by atoms with Gasteiger partial charge in [-0.1, -0.05) is 52.3 Å². The largest absolute Gasteiger partial charge is 0.381 e. The Morgan fingerprint density at radius 2 is 2.07 bits per heavy atom. The van der Waals surface area contributed by atoms with E-state index in [1.807, 2.05) is 30.3 Å². The molecule has 1 aromatic rings. The molecule has 1 N–H and O–H groups in total. The molecule has 0 aliphatic heterocycles. The highest BCUT2D eigenvalue weighted by molar-refractivity contribution is 9.09. The van der Waals surface area contributed by atoms with Crippen LogP contribution in [0.25, 0.3) is 6.08 Å². The molecule has 0 spiro atoms. The average Bonchev–Trinajstić information content (AvgIpc) is 2.27. The fraction of sp³-hybridized carbons (Fsp3) is 0.250. The summed E-state index contributed by atoms with van der Waals surface area (Å²) >= 11 is 3.09. The van der Waals surface area contributed by atoms with Crippen molar-refractivity contribution in [1.29, 1.82) is 0 Å². The molecule has 0 radical (unpaired) electrons. The first-order valence-corrected chi connectivity index (χ1v) is 5.74. The molecule has 1 rings (SSSR count). The highest BCUT2D eigenvalue weighted by Gasteiger charge is 2.25. The monoisotopic (exact) mass is 268 g/mol. The van der Waals surface area contributed by atoms with Gasteiger partial charge in [0.25, 0.3) is 0 Å². The molecule has 0 aliphatic carbocycles. The van der Waals surface area contributed by atoms with Crippen LogP contribution >= 0.6 is 15.9 Å². The first-order chi connectivity index (χ1) is 7.06. The fourth-order valence-corrected chi connectivity index (χ4v) is 1.26. The number of carbonyl (C=O) groups is 1.